The molecule has 9 atom stereocenters. The van der Waals surface area contributed by atoms with E-state index in [9.17, 15) is 0 Å². The zero-order valence-corrected chi connectivity index (χ0v) is 9.01. The highest BCUT2D eigenvalue weighted by Gasteiger charge is 2.73. The maximum absolute atomic E-state index is 5.84. The van der Waals surface area contributed by atoms with Crippen molar-refractivity contribution in [2.45, 2.75) is 31.5 Å². The molecule has 4 aliphatic carbocycles. The van der Waals surface area contributed by atoms with Crippen molar-refractivity contribution in [1.29, 1.82) is 0 Å². The fourth-order valence-electron chi connectivity index (χ4n) is 6.17. The van der Waals surface area contributed by atoms with E-state index in [-0.39, 0.29) is 0 Å². The van der Waals surface area contributed by atoms with Crippen LogP contribution in [0.3, 0.4) is 0 Å². The van der Waals surface area contributed by atoms with Crippen LogP contribution in [0.5, 0.6) is 0 Å². The van der Waals surface area contributed by atoms with Gasteiger partial charge in [-0.3, -0.25) is 0 Å². The van der Waals surface area contributed by atoms with Crippen LogP contribution in [0, 0.1) is 41.4 Å². The van der Waals surface area contributed by atoms with Gasteiger partial charge in [-0.1, -0.05) is 6.08 Å². The van der Waals surface area contributed by atoms with Crippen molar-refractivity contribution in [2.75, 3.05) is 0 Å². The smallest absolute Gasteiger partial charge is 0.0875 e. The first kappa shape index (κ1) is 7.89. The summed E-state index contributed by atoms with van der Waals surface area (Å²) in [4.78, 5) is 0. The summed E-state index contributed by atoms with van der Waals surface area (Å²) in [5.41, 5.74) is 0. The van der Waals surface area contributed by atoms with Gasteiger partial charge < -0.3 is 4.74 Å². The van der Waals surface area contributed by atoms with E-state index < -0.39 is 0 Å². The van der Waals surface area contributed by atoms with Gasteiger partial charge in [-0.15, -0.1) is 6.58 Å². The Bertz CT molecular complexity index is 349. The van der Waals surface area contributed by atoms with Gasteiger partial charge in [-0.25, -0.2) is 0 Å². The lowest BCUT2D eigenvalue weighted by Crippen LogP contribution is -2.35. The molecule has 5 aliphatic rings. The van der Waals surface area contributed by atoms with Gasteiger partial charge in [-0.2, -0.15) is 0 Å². The summed E-state index contributed by atoms with van der Waals surface area (Å²) in [6.07, 6.45) is 8.17. The van der Waals surface area contributed by atoms with Crippen LogP contribution in [0.2, 0.25) is 0 Å². The van der Waals surface area contributed by atoms with Crippen LogP contribution in [0.1, 0.15) is 19.3 Å². The van der Waals surface area contributed by atoms with Crippen molar-refractivity contribution in [3.05, 3.63) is 12.7 Å². The van der Waals surface area contributed by atoms with Gasteiger partial charge in [0.25, 0.3) is 0 Å². The SMILES string of the molecule is C=CC1CC2CC1C1C3CC(C4OC34)C21. The van der Waals surface area contributed by atoms with E-state index >= 15 is 0 Å². The Labute approximate surface area is 90.9 Å². The van der Waals surface area contributed by atoms with Crippen molar-refractivity contribution in [2.24, 2.45) is 41.4 Å². The van der Waals surface area contributed by atoms with Crippen LogP contribution in [0.15, 0.2) is 12.7 Å². The zero-order chi connectivity index (χ0) is 9.73. The minimum atomic E-state index is 0.709. The van der Waals surface area contributed by atoms with E-state index in [1.54, 1.807) is 0 Å². The second-order valence-corrected chi connectivity index (χ2v) is 6.58. The minimum Gasteiger partial charge on any atom is -0.369 e. The normalized spacial score (nSPS) is 71.9. The molecule has 80 valence electrons. The molecule has 0 aromatic heterocycles. The Morgan fingerprint density at radius 1 is 0.933 bits per heavy atom. The standard InChI is InChI=1S/C14H18O/c1-2-6-3-7-4-8(6)12-10-5-9(11(7)12)13-14(10)15-13/h2,6-14H,1,3-5H2. The average Bonchev–Trinajstić information content (AvgIpc) is 2.69. The predicted octanol–water partition coefficient (Wildman–Crippen LogP) is 2.48. The molecule has 4 bridgehead atoms. The number of hydrogen-bond acceptors (Lipinski definition) is 1. The van der Waals surface area contributed by atoms with E-state index in [1.165, 1.54) is 19.3 Å². The molecular weight excluding hydrogens is 184 g/mol. The summed E-state index contributed by atoms with van der Waals surface area (Å²) in [6.45, 7) is 4.04. The van der Waals surface area contributed by atoms with Gasteiger partial charge in [0.2, 0.25) is 0 Å². The number of fused-ring (bicyclic) bond motifs is 12. The van der Waals surface area contributed by atoms with Crippen LogP contribution < -0.4 is 0 Å². The summed E-state index contributed by atoms with van der Waals surface area (Å²) < 4.78 is 5.84. The number of ether oxygens (including phenoxy) is 1. The monoisotopic (exact) mass is 202 g/mol. The first-order valence-electron chi connectivity index (χ1n) is 6.66. The van der Waals surface area contributed by atoms with Crippen LogP contribution in [0.4, 0.5) is 0 Å². The molecule has 15 heavy (non-hydrogen) atoms. The number of hydrogen-bond donors (Lipinski definition) is 0. The molecule has 0 spiro atoms. The van der Waals surface area contributed by atoms with E-state index in [4.69, 9.17) is 4.74 Å². The third kappa shape index (κ3) is 0.702. The minimum absolute atomic E-state index is 0.709. The molecule has 5 fully saturated rings. The lowest BCUT2D eigenvalue weighted by Gasteiger charge is -2.36. The van der Waals surface area contributed by atoms with Crippen molar-refractivity contribution in [3.8, 4) is 0 Å². The van der Waals surface area contributed by atoms with E-state index in [0.29, 0.717) is 6.10 Å². The number of epoxide rings is 1. The fourth-order valence-corrected chi connectivity index (χ4v) is 6.17. The molecule has 0 aromatic carbocycles. The van der Waals surface area contributed by atoms with Crippen molar-refractivity contribution in [1.82, 2.24) is 0 Å². The van der Waals surface area contributed by atoms with Gasteiger partial charge in [0.1, 0.15) is 0 Å². The second kappa shape index (κ2) is 2.20. The lowest BCUT2D eigenvalue weighted by atomic mass is 9.67. The maximum atomic E-state index is 5.84. The first-order chi connectivity index (χ1) is 7.38. The second-order valence-electron chi connectivity index (χ2n) is 6.58. The molecule has 1 heteroatoms. The third-order valence-electron chi connectivity index (χ3n) is 6.42. The summed E-state index contributed by atoms with van der Waals surface area (Å²) >= 11 is 0. The highest BCUT2D eigenvalue weighted by molar-refractivity contribution is 5.21. The summed E-state index contributed by atoms with van der Waals surface area (Å²) in [5.74, 6) is 6.95. The molecule has 9 unspecified atom stereocenters. The summed E-state index contributed by atoms with van der Waals surface area (Å²) in [5, 5.41) is 0. The average molecular weight is 202 g/mol. The van der Waals surface area contributed by atoms with E-state index in [0.717, 1.165) is 47.5 Å². The van der Waals surface area contributed by atoms with Crippen molar-refractivity contribution < 1.29 is 4.74 Å². The summed E-state index contributed by atoms with van der Waals surface area (Å²) in [7, 11) is 0. The maximum Gasteiger partial charge on any atom is 0.0875 e. The topological polar surface area (TPSA) is 12.5 Å². The predicted molar refractivity (Wildman–Crippen MR) is 57.1 cm³/mol. The fraction of sp³-hybridized carbons (Fsp3) is 0.857. The zero-order valence-electron chi connectivity index (χ0n) is 9.01. The molecule has 1 saturated heterocycles. The number of rotatable bonds is 1. The van der Waals surface area contributed by atoms with E-state index in [1.807, 2.05) is 0 Å². The van der Waals surface area contributed by atoms with Crippen LogP contribution in [-0.2, 0) is 4.74 Å². The van der Waals surface area contributed by atoms with Gasteiger partial charge >= 0.3 is 0 Å². The van der Waals surface area contributed by atoms with Gasteiger partial charge in [0.15, 0.2) is 0 Å². The van der Waals surface area contributed by atoms with Gasteiger partial charge in [0.05, 0.1) is 12.2 Å². The first-order valence-corrected chi connectivity index (χ1v) is 6.66. The molecule has 1 heterocycles. The number of allylic oxidation sites excluding steroid dienone is 1. The Morgan fingerprint density at radius 2 is 1.73 bits per heavy atom. The van der Waals surface area contributed by atoms with Crippen LogP contribution in [-0.4, -0.2) is 12.2 Å². The van der Waals surface area contributed by atoms with E-state index in [2.05, 4.69) is 12.7 Å². The molecule has 0 aromatic rings. The van der Waals surface area contributed by atoms with Crippen LogP contribution >= 0.6 is 0 Å². The van der Waals surface area contributed by atoms with Crippen molar-refractivity contribution >= 4 is 0 Å². The van der Waals surface area contributed by atoms with Gasteiger partial charge in [-0.05, 0) is 60.7 Å². The quantitative estimate of drug-likeness (QED) is 0.361. The highest BCUT2D eigenvalue weighted by Crippen LogP contribution is 2.72. The molecular formula is C14H18O. The van der Waals surface area contributed by atoms with Gasteiger partial charge in [0, 0.05) is 0 Å². The Balaban J connectivity index is 1.58. The molecule has 0 radical (unpaired) electrons. The molecule has 1 nitrogen and oxygen atoms in total. The largest absolute Gasteiger partial charge is 0.369 e. The molecule has 5 rings (SSSR count). The molecule has 4 saturated carbocycles. The highest BCUT2D eigenvalue weighted by atomic mass is 16.6. The lowest BCUT2D eigenvalue weighted by molar-refractivity contribution is 0.138. The Morgan fingerprint density at radius 3 is 2.53 bits per heavy atom. The third-order valence-corrected chi connectivity index (χ3v) is 6.42. The van der Waals surface area contributed by atoms with Crippen molar-refractivity contribution in [3.63, 3.8) is 0 Å². The molecule has 0 amide bonds. The Hall–Kier alpha value is -0.300. The van der Waals surface area contributed by atoms with Crippen LogP contribution in [0.25, 0.3) is 0 Å². The molecule has 1 aliphatic heterocycles. The summed E-state index contributed by atoms with van der Waals surface area (Å²) in [6, 6.07) is 0. The Kier molecular flexibility index (Phi) is 1.16. The molecule has 0 N–H and O–H groups in total.